The third-order valence-corrected chi connectivity index (χ3v) is 7.70. The number of nitrogens with zero attached hydrogens (tertiary/aromatic N) is 2. The Balaban J connectivity index is 1.74. The first-order valence-electron chi connectivity index (χ1n) is 13.7. The van der Waals surface area contributed by atoms with Crippen molar-refractivity contribution in [2.45, 2.75) is 38.8 Å². The Morgan fingerprint density at radius 3 is 2.27 bits per heavy atom. The normalized spacial score (nSPS) is 17.7. The Morgan fingerprint density at radius 2 is 1.63 bits per heavy atom. The molecule has 4 rings (SSSR count). The van der Waals surface area contributed by atoms with Crippen LogP contribution < -0.4 is 9.80 Å². The first-order valence-corrected chi connectivity index (χ1v) is 13.7. The summed E-state index contributed by atoms with van der Waals surface area (Å²) in [7, 11) is 5.09. The lowest BCUT2D eigenvalue weighted by atomic mass is 9.79. The summed E-state index contributed by atoms with van der Waals surface area (Å²) >= 11 is 0. The molecule has 0 heterocycles. The number of esters is 1. The molecule has 3 aromatic rings. The van der Waals surface area contributed by atoms with Crippen molar-refractivity contribution in [3.05, 3.63) is 89.5 Å². The zero-order chi connectivity index (χ0) is 29.7. The quantitative estimate of drug-likeness (QED) is 0.187. The van der Waals surface area contributed by atoms with Crippen molar-refractivity contribution in [1.82, 2.24) is 0 Å². The van der Waals surface area contributed by atoms with Crippen molar-refractivity contribution >= 4 is 29.3 Å². The third kappa shape index (κ3) is 7.00. The van der Waals surface area contributed by atoms with Crippen LogP contribution in [0.4, 0.5) is 20.2 Å². The molecule has 216 valence electrons. The van der Waals surface area contributed by atoms with Gasteiger partial charge in [0.15, 0.2) is 6.23 Å². The first kappa shape index (κ1) is 29.9. The van der Waals surface area contributed by atoms with Crippen molar-refractivity contribution in [2.75, 3.05) is 31.0 Å². The molecule has 0 aromatic heterocycles. The lowest BCUT2D eigenvalue weighted by Crippen LogP contribution is -2.42. The zero-order valence-electron chi connectivity index (χ0n) is 23.8. The minimum Gasteiger partial charge on any atom is -0.466 e. The molecule has 1 aliphatic rings. The molecule has 41 heavy (non-hydrogen) atoms. The van der Waals surface area contributed by atoms with Crippen LogP contribution in [0, 0.1) is 23.5 Å². The van der Waals surface area contributed by atoms with Gasteiger partial charge in [-0.15, -0.1) is 0 Å². The summed E-state index contributed by atoms with van der Waals surface area (Å²) in [6, 6.07) is 15.9. The zero-order valence-corrected chi connectivity index (χ0v) is 23.8. The van der Waals surface area contributed by atoms with E-state index in [0.717, 1.165) is 47.6 Å². The molecule has 1 N–H and O–H groups in total. The lowest BCUT2D eigenvalue weighted by molar-refractivity contribution is -0.134. The van der Waals surface area contributed by atoms with Crippen molar-refractivity contribution < 1.29 is 28.2 Å². The second kappa shape index (κ2) is 13.1. The van der Waals surface area contributed by atoms with Crippen molar-refractivity contribution in [3.63, 3.8) is 0 Å². The van der Waals surface area contributed by atoms with Gasteiger partial charge in [-0.3, -0.25) is 9.69 Å². The molecule has 1 aliphatic carbocycles. The molecule has 0 aliphatic heterocycles. The predicted octanol–water partition coefficient (Wildman–Crippen LogP) is 6.73. The average Bonchev–Trinajstić information content (AvgIpc) is 2.95. The minimum atomic E-state index is -1.71. The van der Waals surface area contributed by atoms with E-state index in [-0.39, 0.29) is 22.7 Å². The number of hydrogen-bond donors (Lipinski definition) is 1. The van der Waals surface area contributed by atoms with Gasteiger partial charge in [0.1, 0.15) is 11.6 Å². The van der Waals surface area contributed by atoms with E-state index < -0.39 is 35.7 Å². The summed E-state index contributed by atoms with van der Waals surface area (Å²) in [5, 5.41) is 11.5. The number of aliphatic hydroxyl groups excluding tert-OH is 1. The van der Waals surface area contributed by atoms with Crippen LogP contribution in [0.25, 0.3) is 17.2 Å². The monoisotopic (exact) mass is 562 g/mol. The van der Waals surface area contributed by atoms with Gasteiger partial charge in [0, 0.05) is 37.3 Å². The lowest BCUT2D eigenvalue weighted by Gasteiger charge is -2.36. The Labute approximate surface area is 239 Å². The van der Waals surface area contributed by atoms with Crippen LogP contribution in [0.3, 0.4) is 0 Å². The van der Waals surface area contributed by atoms with Crippen LogP contribution in [-0.4, -0.2) is 38.2 Å². The van der Waals surface area contributed by atoms with E-state index in [1.807, 2.05) is 50.2 Å². The molecule has 1 amide bonds. The van der Waals surface area contributed by atoms with Crippen LogP contribution in [0.15, 0.2) is 66.7 Å². The second-order valence-corrected chi connectivity index (χ2v) is 10.7. The summed E-state index contributed by atoms with van der Waals surface area (Å²) < 4.78 is 35.0. The molecule has 0 bridgehead atoms. The number of carbonyl (C=O) groups is 2. The summed E-state index contributed by atoms with van der Waals surface area (Å²) in [6.45, 7) is 1.99. The summed E-state index contributed by atoms with van der Waals surface area (Å²) in [4.78, 5) is 28.6. The highest BCUT2D eigenvalue weighted by atomic mass is 19.1. The number of amides is 1. The van der Waals surface area contributed by atoms with Gasteiger partial charge in [0.2, 0.25) is 5.91 Å². The highest BCUT2D eigenvalue weighted by Gasteiger charge is 2.36. The van der Waals surface area contributed by atoms with Gasteiger partial charge in [0.25, 0.3) is 0 Å². The van der Waals surface area contributed by atoms with Crippen molar-refractivity contribution in [3.8, 4) is 11.1 Å². The standard InChI is InChI=1S/C33H36F2N2O4/c1-21-7-5-6-8-28(21)32(39)37(27-18-22(17-25(34)20-27)9-16-31(38)41-4)33(40)29-15-12-24(19-30(29)35)23-10-13-26(14-11-23)36(2)3/h9-21,28,33,40H,5-8H2,1-4H3. The smallest absolute Gasteiger partial charge is 0.330 e. The number of ether oxygens (including phenoxy) is 1. The predicted molar refractivity (Wildman–Crippen MR) is 157 cm³/mol. The molecule has 0 spiro atoms. The largest absolute Gasteiger partial charge is 0.466 e. The average molecular weight is 563 g/mol. The van der Waals surface area contributed by atoms with Crippen molar-refractivity contribution in [2.24, 2.45) is 11.8 Å². The molecule has 1 fully saturated rings. The maximum atomic E-state index is 15.6. The van der Waals surface area contributed by atoms with Crippen LogP contribution in [0.1, 0.15) is 50.0 Å². The van der Waals surface area contributed by atoms with Gasteiger partial charge < -0.3 is 14.7 Å². The number of aliphatic hydroxyl groups is 1. The van der Waals surface area contributed by atoms with Crippen LogP contribution in [0.2, 0.25) is 0 Å². The summed E-state index contributed by atoms with van der Waals surface area (Å²) in [5.74, 6) is -2.75. The number of rotatable bonds is 8. The maximum Gasteiger partial charge on any atom is 0.330 e. The summed E-state index contributed by atoms with van der Waals surface area (Å²) in [6.07, 6.45) is 4.12. The number of hydrogen-bond acceptors (Lipinski definition) is 5. The number of benzene rings is 3. The van der Waals surface area contributed by atoms with Gasteiger partial charge >= 0.3 is 5.97 Å². The highest BCUT2D eigenvalue weighted by Crippen LogP contribution is 2.37. The number of methoxy groups -OCH3 is 1. The molecule has 0 radical (unpaired) electrons. The van der Waals surface area contributed by atoms with Crippen LogP contribution in [-0.2, 0) is 14.3 Å². The fourth-order valence-electron chi connectivity index (χ4n) is 5.32. The van der Waals surface area contributed by atoms with Crippen molar-refractivity contribution in [1.29, 1.82) is 0 Å². The van der Waals surface area contributed by atoms with E-state index in [9.17, 15) is 19.1 Å². The van der Waals surface area contributed by atoms with Gasteiger partial charge in [-0.05, 0) is 77.9 Å². The van der Waals surface area contributed by atoms with Gasteiger partial charge in [0.05, 0.1) is 12.8 Å². The Bertz CT molecular complexity index is 1420. The van der Waals surface area contributed by atoms with Gasteiger partial charge in [-0.1, -0.05) is 44.0 Å². The number of carbonyl (C=O) groups excluding carboxylic acids is 2. The Hall–Kier alpha value is -4.04. The van der Waals surface area contributed by atoms with Crippen LogP contribution >= 0.6 is 0 Å². The molecule has 3 aromatic carbocycles. The number of halogens is 2. The molecule has 1 saturated carbocycles. The fourth-order valence-corrected chi connectivity index (χ4v) is 5.32. The third-order valence-electron chi connectivity index (χ3n) is 7.70. The molecular formula is C33H36F2N2O4. The van der Waals surface area contributed by atoms with E-state index >= 15 is 4.39 Å². The topological polar surface area (TPSA) is 70.1 Å². The van der Waals surface area contributed by atoms with E-state index in [1.54, 1.807) is 6.07 Å². The highest BCUT2D eigenvalue weighted by molar-refractivity contribution is 5.96. The SMILES string of the molecule is COC(=O)C=Cc1cc(F)cc(N(C(=O)C2CCCCC2C)C(O)c2ccc(-c3ccc(N(C)C)cc3)cc2F)c1. The van der Waals surface area contributed by atoms with Gasteiger partial charge in [-0.25, -0.2) is 13.6 Å². The Morgan fingerprint density at radius 1 is 0.951 bits per heavy atom. The van der Waals surface area contributed by atoms with Gasteiger partial charge in [-0.2, -0.15) is 0 Å². The Kier molecular flexibility index (Phi) is 9.55. The van der Waals surface area contributed by atoms with E-state index in [2.05, 4.69) is 4.74 Å². The maximum absolute atomic E-state index is 15.6. The minimum absolute atomic E-state index is 0.0514. The molecule has 6 nitrogen and oxygen atoms in total. The van der Waals surface area contributed by atoms with E-state index in [4.69, 9.17) is 0 Å². The first-order chi connectivity index (χ1) is 19.6. The van der Waals surface area contributed by atoms with E-state index in [0.29, 0.717) is 12.0 Å². The molecule has 8 heteroatoms. The fraction of sp³-hybridized carbons (Fsp3) is 0.333. The van der Waals surface area contributed by atoms with E-state index in [1.165, 1.54) is 37.5 Å². The molecule has 0 saturated heterocycles. The second-order valence-electron chi connectivity index (χ2n) is 10.7. The molecular weight excluding hydrogens is 526 g/mol. The summed E-state index contributed by atoms with van der Waals surface area (Å²) in [5.41, 5.74) is 2.65. The molecule has 3 unspecified atom stereocenters. The van der Waals surface area contributed by atoms with Crippen LogP contribution in [0.5, 0.6) is 0 Å². The number of anilines is 2. The molecule has 3 atom stereocenters.